The minimum atomic E-state index is -1.34. The van der Waals surface area contributed by atoms with Crippen LogP contribution in [0.1, 0.15) is 33.6 Å². The van der Waals surface area contributed by atoms with Gasteiger partial charge in [-0.05, 0) is 20.3 Å². The fourth-order valence-corrected chi connectivity index (χ4v) is 0.850. The largest absolute Gasteiger partial charge is 0.243 e. The first-order chi connectivity index (χ1) is 4.52. The first-order valence-electron chi connectivity index (χ1n) is 3.61. The minimum Gasteiger partial charge on any atom is -0.243 e. The number of hydrogen-bond donors (Lipinski definition) is 0. The zero-order valence-corrected chi connectivity index (χ0v) is 6.82. The molecule has 0 saturated carbocycles. The molecule has 0 saturated heterocycles. The first kappa shape index (κ1) is 9.42. The fraction of sp³-hybridized carbons (Fsp3) is 0.875. The normalized spacial score (nSPS) is 14.3. The predicted octanol–water partition coefficient (Wildman–Crippen LogP) is 2.67. The van der Waals surface area contributed by atoms with E-state index in [9.17, 15) is 4.39 Å². The summed E-state index contributed by atoms with van der Waals surface area (Å²) in [4.78, 5) is 0. The molecule has 0 bridgehead atoms. The summed E-state index contributed by atoms with van der Waals surface area (Å²) in [6, 6.07) is 1.97. The summed E-state index contributed by atoms with van der Waals surface area (Å²) in [5.74, 6) is -0.447. The van der Waals surface area contributed by atoms with E-state index in [1.165, 1.54) is 13.8 Å². The maximum absolute atomic E-state index is 13.0. The van der Waals surface area contributed by atoms with Gasteiger partial charge in [-0.2, -0.15) is 5.26 Å². The van der Waals surface area contributed by atoms with Gasteiger partial charge in [-0.25, -0.2) is 4.39 Å². The highest BCUT2D eigenvalue weighted by Gasteiger charge is 2.27. The van der Waals surface area contributed by atoms with Crippen LogP contribution >= 0.6 is 0 Å². The second-order valence-electron chi connectivity index (χ2n) is 3.03. The maximum atomic E-state index is 13.0. The van der Waals surface area contributed by atoms with Crippen LogP contribution in [0.25, 0.3) is 0 Å². The topological polar surface area (TPSA) is 23.8 Å². The number of halogens is 1. The van der Waals surface area contributed by atoms with Crippen molar-refractivity contribution in [1.29, 1.82) is 5.26 Å². The minimum absolute atomic E-state index is 0.447. The van der Waals surface area contributed by atoms with Crippen molar-refractivity contribution in [2.45, 2.75) is 39.3 Å². The molecule has 0 amide bonds. The molecular formula is C8H14FN. The molecule has 0 aliphatic carbocycles. The Morgan fingerprint density at radius 3 is 2.20 bits per heavy atom. The molecule has 0 rings (SSSR count). The molecule has 1 unspecified atom stereocenters. The third kappa shape index (κ3) is 2.82. The number of nitriles is 1. The monoisotopic (exact) mass is 143 g/mol. The SMILES string of the molecule is CCCC(C#N)C(C)(C)F. The van der Waals surface area contributed by atoms with E-state index in [0.29, 0.717) is 6.42 Å². The summed E-state index contributed by atoms with van der Waals surface area (Å²) in [5.41, 5.74) is -1.34. The lowest BCUT2D eigenvalue weighted by atomic mass is 9.90. The quantitative estimate of drug-likeness (QED) is 0.595. The van der Waals surface area contributed by atoms with Crippen LogP contribution in [-0.2, 0) is 0 Å². The molecule has 0 radical (unpaired) electrons. The molecule has 0 aliphatic rings. The second-order valence-corrected chi connectivity index (χ2v) is 3.03. The van der Waals surface area contributed by atoms with Crippen molar-refractivity contribution in [2.75, 3.05) is 0 Å². The van der Waals surface area contributed by atoms with E-state index in [4.69, 9.17) is 5.26 Å². The van der Waals surface area contributed by atoms with Crippen molar-refractivity contribution >= 4 is 0 Å². The molecule has 2 heteroatoms. The Balaban J connectivity index is 3.98. The van der Waals surface area contributed by atoms with Gasteiger partial charge >= 0.3 is 0 Å². The van der Waals surface area contributed by atoms with Crippen molar-refractivity contribution in [3.05, 3.63) is 0 Å². The van der Waals surface area contributed by atoms with E-state index in [0.717, 1.165) is 6.42 Å². The molecule has 58 valence electrons. The Morgan fingerprint density at radius 2 is 2.10 bits per heavy atom. The smallest absolute Gasteiger partial charge is 0.121 e. The van der Waals surface area contributed by atoms with Crippen LogP contribution in [0.15, 0.2) is 0 Å². The summed E-state index contributed by atoms with van der Waals surface area (Å²) in [7, 11) is 0. The van der Waals surface area contributed by atoms with Gasteiger partial charge in [0, 0.05) is 0 Å². The average molecular weight is 143 g/mol. The first-order valence-corrected chi connectivity index (χ1v) is 3.61. The van der Waals surface area contributed by atoms with E-state index in [1.807, 2.05) is 13.0 Å². The van der Waals surface area contributed by atoms with Crippen molar-refractivity contribution in [2.24, 2.45) is 5.92 Å². The average Bonchev–Trinajstić information content (AvgIpc) is 1.80. The lowest BCUT2D eigenvalue weighted by Crippen LogP contribution is -2.24. The molecule has 0 aromatic carbocycles. The predicted molar refractivity (Wildman–Crippen MR) is 39.2 cm³/mol. The highest BCUT2D eigenvalue weighted by molar-refractivity contribution is 4.93. The maximum Gasteiger partial charge on any atom is 0.121 e. The van der Waals surface area contributed by atoms with Gasteiger partial charge in [0.25, 0.3) is 0 Å². The zero-order valence-electron chi connectivity index (χ0n) is 6.82. The van der Waals surface area contributed by atoms with Crippen molar-refractivity contribution < 1.29 is 4.39 Å². The highest BCUT2D eigenvalue weighted by atomic mass is 19.1. The van der Waals surface area contributed by atoms with Crippen molar-refractivity contribution in [1.82, 2.24) is 0 Å². The van der Waals surface area contributed by atoms with Gasteiger partial charge in [-0.3, -0.25) is 0 Å². The van der Waals surface area contributed by atoms with Crippen LogP contribution in [0.3, 0.4) is 0 Å². The van der Waals surface area contributed by atoms with Crippen LogP contribution in [0.2, 0.25) is 0 Å². The Labute approximate surface area is 61.9 Å². The van der Waals surface area contributed by atoms with E-state index in [1.54, 1.807) is 0 Å². The van der Waals surface area contributed by atoms with E-state index in [-0.39, 0.29) is 0 Å². The van der Waals surface area contributed by atoms with E-state index < -0.39 is 11.6 Å². The van der Waals surface area contributed by atoms with Gasteiger partial charge < -0.3 is 0 Å². The van der Waals surface area contributed by atoms with Crippen LogP contribution in [0, 0.1) is 17.2 Å². The Hall–Kier alpha value is -0.580. The van der Waals surface area contributed by atoms with Crippen molar-refractivity contribution in [3.63, 3.8) is 0 Å². The molecule has 0 spiro atoms. The number of hydrogen-bond acceptors (Lipinski definition) is 1. The molecule has 0 aliphatic heterocycles. The number of alkyl halides is 1. The van der Waals surface area contributed by atoms with Gasteiger partial charge in [0.05, 0.1) is 12.0 Å². The van der Waals surface area contributed by atoms with Gasteiger partial charge in [-0.1, -0.05) is 13.3 Å². The third-order valence-electron chi connectivity index (χ3n) is 1.56. The van der Waals surface area contributed by atoms with Crippen molar-refractivity contribution in [3.8, 4) is 6.07 Å². The lowest BCUT2D eigenvalue weighted by Gasteiger charge is -2.19. The van der Waals surface area contributed by atoms with Gasteiger partial charge in [0.15, 0.2) is 0 Å². The number of rotatable bonds is 3. The van der Waals surface area contributed by atoms with Gasteiger partial charge in [-0.15, -0.1) is 0 Å². The molecule has 10 heavy (non-hydrogen) atoms. The fourth-order valence-electron chi connectivity index (χ4n) is 0.850. The van der Waals surface area contributed by atoms with Crippen LogP contribution < -0.4 is 0 Å². The summed E-state index contributed by atoms with van der Waals surface area (Å²) < 4.78 is 13.0. The molecule has 0 heterocycles. The summed E-state index contributed by atoms with van der Waals surface area (Å²) >= 11 is 0. The van der Waals surface area contributed by atoms with Gasteiger partial charge in [0.2, 0.25) is 0 Å². The zero-order chi connectivity index (χ0) is 8.20. The van der Waals surface area contributed by atoms with Crippen LogP contribution in [-0.4, -0.2) is 5.67 Å². The van der Waals surface area contributed by atoms with E-state index >= 15 is 0 Å². The molecular weight excluding hydrogens is 129 g/mol. The molecule has 0 aromatic heterocycles. The summed E-state index contributed by atoms with van der Waals surface area (Å²) in [5, 5.41) is 8.50. The standard InChI is InChI=1S/C8H14FN/c1-4-5-7(6-10)8(2,3)9/h7H,4-5H2,1-3H3. The summed E-state index contributed by atoms with van der Waals surface area (Å²) in [6.45, 7) is 4.86. The third-order valence-corrected chi connectivity index (χ3v) is 1.56. The van der Waals surface area contributed by atoms with E-state index in [2.05, 4.69) is 0 Å². The Bertz CT molecular complexity index is 129. The molecule has 0 fully saturated rings. The Kier molecular flexibility index (Phi) is 3.35. The summed E-state index contributed by atoms with van der Waals surface area (Å²) in [6.07, 6.45) is 1.52. The van der Waals surface area contributed by atoms with Crippen LogP contribution in [0.4, 0.5) is 4.39 Å². The Morgan fingerprint density at radius 1 is 1.60 bits per heavy atom. The lowest BCUT2D eigenvalue weighted by molar-refractivity contribution is 0.151. The molecule has 0 N–H and O–H groups in total. The highest BCUT2D eigenvalue weighted by Crippen LogP contribution is 2.24. The van der Waals surface area contributed by atoms with Crippen LogP contribution in [0.5, 0.6) is 0 Å². The second kappa shape index (κ2) is 3.55. The number of nitrogens with zero attached hydrogens (tertiary/aromatic N) is 1. The van der Waals surface area contributed by atoms with Gasteiger partial charge in [0.1, 0.15) is 5.67 Å². The molecule has 0 aromatic rings. The molecule has 1 atom stereocenters. The molecule has 1 nitrogen and oxygen atoms in total.